The third-order valence-corrected chi connectivity index (χ3v) is 3.49. The van der Waals surface area contributed by atoms with E-state index in [1.165, 1.54) is 11.1 Å². The van der Waals surface area contributed by atoms with Crippen LogP contribution in [0.4, 0.5) is 0 Å². The van der Waals surface area contributed by atoms with Crippen molar-refractivity contribution in [3.05, 3.63) is 102 Å². The summed E-state index contributed by atoms with van der Waals surface area (Å²) in [6.07, 6.45) is 4.31. The first kappa shape index (κ1) is 14.4. The lowest BCUT2D eigenvalue weighted by Gasteiger charge is -2.07. The van der Waals surface area contributed by atoms with Gasteiger partial charge in [-0.2, -0.15) is 0 Å². The van der Waals surface area contributed by atoms with Gasteiger partial charge >= 0.3 is 0 Å². The molecule has 0 N–H and O–H groups in total. The van der Waals surface area contributed by atoms with Crippen molar-refractivity contribution in [2.75, 3.05) is 0 Å². The number of benzene rings is 3. The van der Waals surface area contributed by atoms with E-state index in [0.717, 1.165) is 24.3 Å². The molecule has 0 aliphatic rings. The second-order valence-electron chi connectivity index (χ2n) is 5.22. The summed E-state index contributed by atoms with van der Waals surface area (Å²) in [5, 5.41) is 0. The summed E-state index contributed by atoms with van der Waals surface area (Å²) in [5.41, 5.74) is 2.57. The standard InChI is InChI=1S/C21H19O/c1-3-9-18(10-4-1)11-7-12-19-13-8-16-21(17-19)22-20-14-5-2-6-15-20/h1-6,8-11,13-17H,7,12H2. The van der Waals surface area contributed by atoms with Gasteiger partial charge in [-0.05, 0) is 54.7 Å². The van der Waals surface area contributed by atoms with Crippen LogP contribution in [0.15, 0.2) is 84.9 Å². The Kier molecular flexibility index (Phi) is 4.88. The molecule has 0 saturated heterocycles. The summed E-state index contributed by atoms with van der Waals surface area (Å²) >= 11 is 0. The zero-order chi connectivity index (χ0) is 15.0. The highest BCUT2D eigenvalue weighted by atomic mass is 16.5. The summed E-state index contributed by atoms with van der Waals surface area (Å²) in [4.78, 5) is 0. The highest BCUT2D eigenvalue weighted by molar-refractivity contribution is 5.34. The van der Waals surface area contributed by atoms with Gasteiger partial charge in [-0.15, -0.1) is 0 Å². The maximum atomic E-state index is 5.87. The number of para-hydroxylation sites is 1. The van der Waals surface area contributed by atoms with Gasteiger partial charge < -0.3 is 4.74 Å². The molecule has 0 amide bonds. The van der Waals surface area contributed by atoms with Crippen LogP contribution in [0, 0.1) is 6.42 Å². The van der Waals surface area contributed by atoms with Crippen molar-refractivity contribution >= 4 is 0 Å². The second kappa shape index (κ2) is 7.46. The van der Waals surface area contributed by atoms with E-state index in [-0.39, 0.29) is 0 Å². The van der Waals surface area contributed by atoms with E-state index < -0.39 is 0 Å². The first-order chi connectivity index (χ1) is 10.9. The topological polar surface area (TPSA) is 9.23 Å². The smallest absolute Gasteiger partial charge is 0.127 e. The average Bonchev–Trinajstić information content (AvgIpc) is 2.57. The quantitative estimate of drug-likeness (QED) is 0.568. The first-order valence-corrected chi connectivity index (χ1v) is 7.60. The van der Waals surface area contributed by atoms with Crippen LogP contribution < -0.4 is 4.74 Å². The lowest BCUT2D eigenvalue weighted by molar-refractivity contribution is 0.482. The summed E-state index contributed by atoms with van der Waals surface area (Å²) in [6, 6.07) is 28.7. The van der Waals surface area contributed by atoms with E-state index in [4.69, 9.17) is 4.74 Å². The van der Waals surface area contributed by atoms with Crippen LogP contribution >= 0.6 is 0 Å². The van der Waals surface area contributed by atoms with Gasteiger partial charge in [-0.25, -0.2) is 0 Å². The minimum absolute atomic E-state index is 0.871. The van der Waals surface area contributed by atoms with Crippen molar-refractivity contribution in [1.29, 1.82) is 0 Å². The maximum Gasteiger partial charge on any atom is 0.127 e. The molecule has 3 aromatic carbocycles. The van der Waals surface area contributed by atoms with Crippen LogP contribution in [-0.4, -0.2) is 0 Å². The number of ether oxygens (including phenoxy) is 1. The fourth-order valence-electron chi connectivity index (χ4n) is 2.38. The average molecular weight is 287 g/mol. The molecule has 0 aliphatic carbocycles. The van der Waals surface area contributed by atoms with E-state index in [1.807, 2.05) is 42.5 Å². The molecule has 0 aromatic heterocycles. The fraction of sp³-hybridized carbons (Fsp3) is 0.0952. The normalized spacial score (nSPS) is 10.4. The van der Waals surface area contributed by atoms with Crippen molar-refractivity contribution < 1.29 is 4.74 Å². The highest BCUT2D eigenvalue weighted by Gasteiger charge is 2.00. The summed E-state index contributed by atoms with van der Waals surface area (Å²) in [6.45, 7) is 0. The molecular formula is C21H19O. The maximum absolute atomic E-state index is 5.87. The Morgan fingerprint density at radius 3 is 2.14 bits per heavy atom. The van der Waals surface area contributed by atoms with Crippen molar-refractivity contribution in [1.82, 2.24) is 0 Å². The van der Waals surface area contributed by atoms with Gasteiger partial charge in [-0.3, -0.25) is 0 Å². The van der Waals surface area contributed by atoms with Crippen molar-refractivity contribution in [2.24, 2.45) is 0 Å². The monoisotopic (exact) mass is 287 g/mol. The molecule has 0 fully saturated rings. The molecular weight excluding hydrogens is 268 g/mol. The Morgan fingerprint density at radius 2 is 1.36 bits per heavy atom. The molecule has 1 heteroatoms. The van der Waals surface area contributed by atoms with Crippen molar-refractivity contribution in [3.8, 4) is 11.5 Å². The summed E-state index contributed by atoms with van der Waals surface area (Å²) in [7, 11) is 0. The van der Waals surface area contributed by atoms with E-state index in [9.17, 15) is 0 Å². The Bertz CT molecular complexity index is 689. The zero-order valence-electron chi connectivity index (χ0n) is 12.5. The molecule has 0 bridgehead atoms. The molecule has 3 aromatic rings. The Balaban J connectivity index is 1.57. The van der Waals surface area contributed by atoms with Gasteiger partial charge in [0.25, 0.3) is 0 Å². The van der Waals surface area contributed by atoms with Crippen LogP contribution in [0.25, 0.3) is 0 Å². The van der Waals surface area contributed by atoms with E-state index in [1.54, 1.807) is 0 Å². The van der Waals surface area contributed by atoms with Crippen molar-refractivity contribution in [2.45, 2.75) is 12.8 Å². The molecule has 0 saturated carbocycles. The SMILES string of the molecule is [CH](CCc1cccc(Oc2ccccc2)c1)c1ccccc1. The van der Waals surface area contributed by atoms with Crippen LogP contribution in [-0.2, 0) is 6.42 Å². The predicted molar refractivity (Wildman–Crippen MR) is 91.1 cm³/mol. The van der Waals surface area contributed by atoms with Crippen LogP contribution in [0.3, 0.4) is 0 Å². The first-order valence-electron chi connectivity index (χ1n) is 7.60. The number of hydrogen-bond donors (Lipinski definition) is 0. The fourth-order valence-corrected chi connectivity index (χ4v) is 2.38. The molecule has 109 valence electrons. The van der Waals surface area contributed by atoms with Crippen molar-refractivity contribution in [3.63, 3.8) is 0 Å². The number of hydrogen-bond acceptors (Lipinski definition) is 1. The zero-order valence-corrected chi connectivity index (χ0v) is 12.5. The van der Waals surface area contributed by atoms with Gasteiger partial charge in [-0.1, -0.05) is 60.7 Å². The minimum Gasteiger partial charge on any atom is -0.457 e. The van der Waals surface area contributed by atoms with Crippen LogP contribution in [0.5, 0.6) is 11.5 Å². The minimum atomic E-state index is 0.871. The molecule has 0 heterocycles. The molecule has 1 radical (unpaired) electrons. The Labute approximate surface area is 132 Å². The third kappa shape index (κ3) is 4.23. The molecule has 0 atom stereocenters. The molecule has 0 spiro atoms. The van der Waals surface area contributed by atoms with Gasteiger partial charge in [0.05, 0.1) is 0 Å². The van der Waals surface area contributed by atoms with E-state index in [2.05, 4.69) is 48.9 Å². The van der Waals surface area contributed by atoms with Gasteiger partial charge in [0.1, 0.15) is 11.5 Å². The highest BCUT2D eigenvalue weighted by Crippen LogP contribution is 2.22. The van der Waals surface area contributed by atoms with E-state index >= 15 is 0 Å². The van der Waals surface area contributed by atoms with Gasteiger partial charge in [0, 0.05) is 0 Å². The third-order valence-electron chi connectivity index (χ3n) is 3.49. The van der Waals surface area contributed by atoms with Gasteiger partial charge in [0.2, 0.25) is 0 Å². The van der Waals surface area contributed by atoms with E-state index in [0.29, 0.717) is 0 Å². The largest absolute Gasteiger partial charge is 0.457 e. The Morgan fingerprint density at radius 1 is 0.682 bits per heavy atom. The van der Waals surface area contributed by atoms with Crippen LogP contribution in [0.1, 0.15) is 17.5 Å². The molecule has 22 heavy (non-hydrogen) atoms. The number of rotatable bonds is 6. The molecule has 3 rings (SSSR count). The molecule has 0 aliphatic heterocycles. The predicted octanol–water partition coefficient (Wildman–Crippen LogP) is 5.66. The van der Waals surface area contributed by atoms with Crippen LogP contribution in [0.2, 0.25) is 0 Å². The van der Waals surface area contributed by atoms with Gasteiger partial charge in [0.15, 0.2) is 0 Å². The Hall–Kier alpha value is -2.54. The number of aryl methyl sites for hydroxylation is 1. The molecule has 0 unspecified atom stereocenters. The second-order valence-corrected chi connectivity index (χ2v) is 5.22. The summed E-state index contributed by atoms with van der Waals surface area (Å²) in [5.74, 6) is 1.76. The summed E-state index contributed by atoms with van der Waals surface area (Å²) < 4.78 is 5.87. The lowest BCUT2D eigenvalue weighted by atomic mass is 10.0. The lowest BCUT2D eigenvalue weighted by Crippen LogP contribution is -1.90. The molecule has 1 nitrogen and oxygen atoms in total.